The summed E-state index contributed by atoms with van der Waals surface area (Å²) in [6.45, 7) is 11.6. The van der Waals surface area contributed by atoms with Crippen LogP contribution in [0, 0.1) is 17.8 Å². The van der Waals surface area contributed by atoms with Crippen LogP contribution in [0.15, 0.2) is 35.6 Å². The standard InChI is InChI=1S/C20H24O5/c1-6-10(2)17(21)24-15-9-19(5)20(25-19)8-13-12(4)18(22)23-14(13)7-11(3)16(15)20/h6,9,11,13-14,16H,4,7-8H2,1-3,5H3/b10-6-/t11-,13-,14-,16-,19-,20+/m1/s1. The van der Waals surface area contributed by atoms with Crippen LogP contribution in [0.2, 0.25) is 0 Å². The number of rotatable bonds is 2. The second-order valence-electron chi connectivity index (χ2n) is 7.98. The summed E-state index contributed by atoms with van der Waals surface area (Å²) in [5.74, 6) is 0.222. The zero-order valence-corrected chi connectivity index (χ0v) is 15.1. The summed E-state index contributed by atoms with van der Waals surface area (Å²) in [5.41, 5.74) is 0.247. The summed E-state index contributed by atoms with van der Waals surface area (Å²) >= 11 is 0. The van der Waals surface area contributed by atoms with Crippen molar-refractivity contribution in [2.75, 3.05) is 0 Å². The molecule has 2 saturated heterocycles. The first kappa shape index (κ1) is 16.6. The number of fused-ring (bicyclic) bond motifs is 1. The number of hydrogen-bond donors (Lipinski definition) is 0. The Kier molecular flexibility index (Phi) is 3.36. The Morgan fingerprint density at radius 1 is 1.48 bits per heavy atom. The minimum absolute atomic E-state index is 0.0109. The first-order valence-electron chi connectivity index (χ1n) is 8.90. The molecule has 0 aromatic heterocycles. The zero-order chi connectivity index (χ0) is 18.1. The lowest BCUT2D eigenvalue weighted by atomic mass is 9.77. The second-order valence-corrected chi connectivity index (χ2v) is 7.98. The number of allylic oxidation sites excluding steroid dienone is 1. The van der Waals surface area contributed by atoms with E-state index in [1.54, 1.807) is 13.0 Å². The third kappa shape index (κ3) is 2.11. The van der Waals surface area contributed by atoms with Gasteiger partial charge < -0.3 is 14.2 Å². The van der Waals surface area contributed by atoms with Gasteiger partial charge in [0.15, 0.2) is 0 Å². The summed E-state index contributed by atoms with van der Waals surface area (Å²) in [7, 11) is 0. The highest BCUT2D eigenvalue weighted by Crippen LogP contribution is 2.68. The van der Waals surface area contributed by atoms with Crippen LogP contribution in [-0.4, -0.2) is 29.2 Å². The maximum absolute atomic E-state index is 12.3. The average Bonchev–Trinajstić information content (AvgIpc) is 2.98. The lowest BCUT2D eigenvalue weighted by molar-refractivity contribution is -0.139. The lowest BCUT2D eigenvalue weighted by Crippen LogP contribution is -2.33. The van der Waals surface area contributed by atoms with Crippen LogP contribution in [0.4, 0.5) is 0 Å². The van der Waals surface area contributed by atoms with Crippen LogP contribution >= 0.6 is 0 Å². The van der Waals surface area contributed by atoms with Crippen LogP contribution in [0.5, 0.6) is 0 Å². The molecule has 2 heterocycles. The minimum Gasteiger partial charge on any atom is -0.458 e. The van der Waals surface area contributed by atoms with Gasteiger partial charge in [-0.1, -0.05) is 19.6 Å². The highest BCUT2D eigenvalue weighted by Gasteiger charge is 2.77. The molecule has 0 aromatic rings. The van der Waals surface area contributed by atoms with Gasteiger partial charge in [-0.25, -0.2) is 9.59 Å². The van der Waals surface area contributed by atoms with E-state index < -0.39 is 11.2 Å². The van der Waals surface area contributed by atoms with Gasteiger partial charge in [-0.15, -0.1) is 0 Å². The van der Waals surface area contributed by atoms with Crippen molar-refractivity contribution in [3.8, 4) is 0 Å². The van der Waals surface area contributed by atoms with Crippen LogP contribution in [0.3, 0.4) is 0 Å². The van der Waals surface area contributed by atoms with E-state index in [0.29, 0.717) is 23.3 Å². The predicted molar refractivity (Wildman–Crippen MR) is 90.2 cm³/mol. The Bertz CT molecular complexity index is 747. The quantitative estimate of drug-likeness (QED) is 0.438. The topological polar surface area (TPSA) is 65.1 Å². The number of epoxide rings is 1. The zero-order valence-electron chi connectivity index (χ0n) is 15.1. The van der Waals surface area contributed by atoms with Crippen LogP contribution in [0.25, 0.3) is 0 Å². The van der Waals surface area contributed by atoms with Gasteiger partial charge in [-0.3, -0.25) is 0 Å². The molecule has 0 radical (unpaired) electrons. The molecule has 0 unspecified atom stereocenters. The normalized spacial score (nSPS) is 45.0. The molecular weight excluding hydrogens is 320 g/mol. The first-order chi connectivity index (χ1) is 11.7. The number of esters is 2. The molecule has 2 aliphatic carbocycles. The van der Waals surface area contributed by atoms with E-state index in [-0.39, 0.29) is 35.8 Å². The molecule has 134 valence electrons. The van der Waals surface area contributed by atoms with E-state index in [1.807, 2.05) is 19.9 Å². The average molecular weight is 344 g/mol. The van der Waals surface area contributed by atoms with Crippen molar-refractivity contribution in [3.05, 3.63) is 35.6 Å². The summed E-state index contributed by atoms with van der Waals surface area (Å²) in [4.78, 5) is 24.2. The molecule has 25 heavy (non-hydrogen) atoms. The molecule has 1 spiro atoms. The van der Waals surface area contributed by atoms with Crippen molar-refractivity contribution >= 4 is 11.9 Å². The molecular formula is C20H24O5. The highest BCUT2D eigenvalue weighted by molar-refractivity contribution is 5.91. The van der Waals surface area contributed by atoms with Gasteiger partial charge in [0, 0.05) is 17.1 Å². The highest BCUT2D eigenvalue weighted by atomic mass is 16.6. The molecule has 0 amide bonds. The first-order valence-corrected chi connectivity index (χ1v) is 8.90. The summed E-state index contributed by atoms with van der Waals surface area (Å²) in [6, 6.07) is 0. The third-order valence-corrected chi connectivity index (χ3v) is 6.50. The maximum atomic E-state index is 12.3. The molecule has 0 N–H and O–H groups in total. The third-order valence-electron chi connectivity index (χ3n) is 6.50. The van der Waals surface area contributed by atoms with Crippen molar-refractivity contribution in [2.24, 2.45) is 17.8 Å². The van der Waals surface area contributed by atoms with Crippen molar-refractivity contribution in [3.63, 3.8) is 0 Å². The minimum atomic E-state index is -0.452. The Hall–Kier alpha value is -1.88. The molecule has 5 nitrogen and oxygen atoms in total. The van der Waals surface area contributed by atoms with Crippen LogP contribution in [0.1, 0.15) is 40.5 Å². The van der Waals surface area contributed by atoms with E-state index in [4.69, 9.17) is 14.2 Å². The Morgan fingerprint density at radius 2 is 2.20 bits per heavy atom. The fourth-order valence-electron chi connectivity index (χ4n) is 4.94. The van der Waals surface area contributed by atoms with E-state index in [2.05, 4.69) is 13.5 Å². The van der Waals surface area contributed by atoms with Crippen LogP contribution in [-0.2, 0) is 23.8 Å². The monoisotopic (exact) mass is 344 g/mol. The Balaban J connectivity index is 1.66. The smallest absolute Gasteiger partial charge is 0.338 e. The van der Waals surface area contributed by atoms with Gasteiger partial charge in [0.2, 0.25) is 0 Å². The van der Waals surface area contributed by atoms with Gasteiger partial charge in [0.05, 0.1) is 5.92 Å². The van der Waals surface area contributed by atoms with E-state index in [9.17, 15) is 9.59 Å². The molecule has 6 atom stereocenters. The molecule has 4 aliphatic rings. The maximum Gasteiger partial charge on any atom is 0.338 e. The summed E-state index contributed by atoms with van der Waals surface area (Å²) in [6.07, 6.45) is 4.94. The van der Waals surface area contributed by atoms with Crippen molar-refractivity contribution in [2.45, 2.75) is 57.8 Å². The Labute approximate surface area is 147 Å². The van der Waals surface area contributed by atoms with E-state index in [0.717, 1.165) is 6.42 Å². The van der Waals surface area contributed by atoms with Gasteiger partial charge in [-0.05, 0) is 45.6 Å². The van der Waals surface area contributed by atoms with Gasteiger partial charge in [-0.2, -0.15) is 0 Å². The van der Waals surface area contributed by atoms with Gasteiger partial charge >= 0.3 is 11.9 Å². The molecule has 0 aromatic carbocycles. The van der Waals surface area contributed by atoms with Crippen molar-refractivity contribution in [1.82, 2.24) is 0 Å². The Morgan fingerprint density at radius 3 is 2.88 bits per heavy atom. The van der Waals surface area contributed by atoms with Gasteiger partial charge in [0.25, 0.3) is 0 Å². The van der Waals surface area contributed by atoms with Crippen molar-refractivity contribution in [1.29, 1.82) is 0 Å². The number of hydrogen-bond acceptors (Lipinski definition) is 5. The summed E-state index contributed by atoms with van der Waals surface area (Å²) in [5, 5.41) is 0. The molecule has 2 aliphatic heterocycles. The predicted octanol–water partition coefficient (Wildman–Crippen LogP) is 3.06. The van der Waals surface area contributed by atoms with Gasteiger partial charge in [0.1, 0.15) is 23.1 Å². The summed E-state index contributed by atoms with van der Waals surface area (Å²) < 4.78 is 17.4. The molecule has 4 rings (SSSR count). The number of ether oxygens (including phenoxy) is 3. The molecule has 5 heteroatoms. The van der Waals surface area contributed by atoms with E-state index >= 15 is 0 Å². The fraction of sp³-hybridized carbons (Fsp3) is 0.600. The molecule has 1 saturated carbocycles. The molecule has 3 fully saturated rings. The van der Waals surface area contributed by atoms with Crippen molar-refractivity contribution < 1.29 is 23.8 Å². The second kappa shape index (κ2) is 5.07. The van der Waals surface area contributed by atoms with E-state index in [1.165, 1.54) is 0 Å². The largest absolute Gasteiger partial charge is 0.458 e. The number of carbonyl (C=O) groups is 2. The lowest BCUT2D eigenvalue weighted by Gasteiger charge is -2.27. The number of carbonyl (C=O) groups excluding carboxylic acids is 2. The molecule has 0 bridgehead atoms. The SMILES string of the molecule is C=C1C(=O)O[C@@H]2C[C@@H](C)[C@@H]3C(OC(=O)/C(C)=C\C)=C[C@@]4(C)O[C@@]34C[C@H]12. The van der Waals surface area contributed by atoms with Crippen LogP contribution < -0.4 is 0 Å². The fourth-order valence-corrected chi connectivity index (χ4v) is 4.94.